The highest BCUT2D eigenvalue weighted by Crippen LogP contribution is 2.38. The van der Waals surface area contributed by atoms with Gasteiger partial charge in [-0.1, -0.05) is 24.8 Å². The predicted octanol–water partition coefficient (Wildman–Crippen LogP) is 4.89. The zero-order valence-corrected chi connectivity index (χ0v) is 23.0. The average Bonchev–Trinajstić information content (AvgIpc) is 3.51. The highest BCUT2D eigenvalue weighted by molar-refractivity contribution is 5.87. The van der Waals surface area contributed by atoms with Crippen LogP contribution in [0.5, 0.6) is 0 Å². The molecule has 2 aliphatic rings. The molecule has 0 saturated carbocycles. The number of pyridine rings is 2. The van der Waals surface area contributed by atoms with E-state index in [-0.39, 0.29) is 18.6 Å². The van der Waals surface area contributed by atoms with E-state index < -0.39 is 11.6 Å². The van der Waals surface area contributed by atoms with E-state index in [1.807, 2.05) is 36.4 Å². The van der Waals surface area contributed by atoms with Gasteiger partial charge in [0.2, 0.25) is 0 Å². The smallest absolute Gasteiger partial charge is 0.343 e. The Morgan fingerprint density at radius 2 is 1.73 bits per heavy atom. The fourth-order valence-electron chi connectivity index (χ4n) is 6.01. The maximum atomic E-state index is 13.4. The minimum absolute atomic E-state index is 0.111. The molecule has 0 saturated heterocycles. The van der Waals surface area contributed by atoms with Crippen molar-refractivity contribution >= 4 is 16.9 Å². The van der Waals surface area contributed by atoms with Gasteiger partial charge < -0.3 is 19.0 Å². The van der Waals surface area contributed by atoms with Crippen LogP contribution in [0.15, 0.2) is 71.5 Å². The lowest BCUT2D eigenvalue weighted by molar-refractivity contribution is -0.172. The van der Waals surface area contributed by atoms with Gasteiger partial charge in [0.1, 0.15) is 6.61 Å². The Bertz CT molecular complexity index is 2040. The van der Waals surface area contributed by atoms with Gasteiger partial charge in [0.15, 0.2) is 5.60 Å². The molecule has 0 amide bonds. The Kier molecular flexibility index (Phi) is 5.53. The van der Waals surface area contributed by atoms with Crippen molar-refractivity contribution in [3.8, 4) is 28.9 Å². The Balaban J connectivity index is 1.25. The number of esters is 1. The van der Waals surface area contributed by atoms with Gasteiger partial charge in [0.25, 0.3) is 5.56 Å². The van der Waals surface area contributed by atoms with E-state index >= 15 is 0 Å². The number of carbonyl (C=O) groups is 1. The minimum atomic E-state index is -1.84. The highest BCUT2D eigenvalue weighted by atomic mass is 16.6. The zero-order chi connectivity index (χ0) is 28.5. The van der Waals surface area contributed by atoms with Crippen molar-refractivity contribution in [2.45, 2.75) is 45.9 Å². The Morgan fingerprint density at radius 1 is 0.976 bits per heavy atom. The molecule has 5 aromatic rings. The van der Waals surface area contributed by atoms with Gasteiger partial charge in [0, 0.05) is 44.7 Å². The van der Waals surface area contributed by atoms with Gasteiger partial charge in [-0.05, 0) is 80.9 Å². The summed E-state index contributed by atoms with van der Waals surface area (Å²) in [5.41, 5.74) is 6.72. The van der Waals surface area contributed by atoms with E-state index in [4.69, 9.17) is 9.72 Å². The first kappa shape index (κ1) is 25.1. The Morgan fingerprint density at radius 3 is 2.49 bits per heavy atom. The summed E-state index contributed by atoms with van der Waals surface area (Å²) in [4.78, 5) is 30.7. The summed E-state index contributed by atoms with van der Waals surface area (Å²) in [6.45, 7) is 6.10. The molecule has 7 heteroatoms. The normalized spacial score (nSPS) is 16.9. The van der Waals surface area contributed by atoms with Crippen LogP contribution in [0, 0.1) is 25.7 Å². The van der Waals surface area contributed by atoms with Crippen LogP contribution in [0.2, 0.25) is 0 Å². The molecule has 0 unspecified atom stereocenters. The molecule has 1 N–H and O–H groups in total. The van der Waals surface area contributed by atoms with Gasteiger partial charge in [-0.3, -0.25) is 4.79 Å². The van der Waals surface area contributed by atoms with E-state index in [0.29, 0.717) is 29.1 Å². The van der Waals surface area contributed by atoms with Crippen molar-refractivity contribution in [1.82, 2.24) is 14.1 Å². The Labute approximate surface area is 236 Å². The summed E-state index contributed by atoms with van der Waals surface area (Å²) >= 11 is 0. The van der Waals surface area contributed by atoms with Crippen LogP contribution in [0.3, 0.4) is 0 Å². The third kappa shape index (κ3) is 3.83. The van der Waals surface area contributed by atoms with Gasteiger partial charge in [-0.2, -0.15) is 0 Å². The highest BCUT2D eigenvalue weighted by Gasteiger charge is 2.45. The summed E-state index contributed by atoms with van der Waals surface area (Å²) in [5, 5.41) is 12.0. The SMILES string of the molecule is CC[C@@]1(O)C(=O)OCc2c1cc1n(c2=O)Cc2cc3cc(C#Cc4cccc(-n5c(C)ccc5C)c4)ccc3nc2-1. The van der Waals surface area contributed by atoms with E-state index in [1.54, 1.807) is 17.6 Å². The number of nitrogens with zero attached hydrogens (tertiary/aromatic N) is 3. The van der Waals surface area contributed by atoms with E-state index in [2.05, 4.69) is 54.5 Å². The molecule has 5 heterocycles. The molecule has 202 valence electrons. The van der Waals surface area contributed by atoms with Crippen molar-refractivity contribution in [2.75, 3.05) is 0 Å². The first-order valence-electron chi connectivity index (χ1n) is 13.6. The number of hydrogen-bond acceptors (Lipinski definition) is 5. The predicted molar refractivity (Wildman–Crippen MR) is 156 cm³/mol. The maximum absolute atomic E-state index is 13.4. The van der Waals surface area contributed by atoms with Crippen molar-refractivity contribution < 1.29 is 14.6 Å². The monoisotopic (exact) mass is 541 g/mol. The van der Waals surface area contributed by atoms with Crippen LogP contribution < -0.4 is 5.56 Å². The van der Waals surface area contributed by atoms with Crippen LogP contribution in [-0.2, 0) is 28.3 Å². The van der Waals surface area contributed by atoms with Crippen LogP contribution in [0.4, 0.5) is 0 Å². The standard InChI is InChI=1S/C34H27N3O4/c1-4-34(40)28-17-30-31-25(18-36(30)32(38)27(28)19-41-33(34)39)16-24-14-23(12-13-29(24)35-31)11-10-22-6-5-7-26(15-22)37-20(2)8-9-21(37)3/h5-9,12-17,40H,4,18-19H2,1-3H3/t34-/m0/s1. The molecular weight excluding hydrogens is 514 g/mol. The summed E-state index contributed by atoms with van der Waals surface area (Å²) in [7, 11) is 0. The molecule has 0 bridgehead atoms. The third-order valence-corrected chi connectivity index (χ3v) is 8.23. The molecule has 0 fully saturated rings. The van der Waals surface area contributed by atoms with E-state index in [9.17, 15) is 14.7 Å². The number of hydrogen-bond donors (Lipinski definition) is 1. The number of aryl methyl sites for hydroxylation is 2. The number of aliphatic hydroxyl groups is 1. The molecule has 7 nitrogen and oxygen atoms in total. The number of fused-ring (bicyclic) bond motifs is 5. The number of carbonyl (C=O) groups excluding carboxylic acids is 1. The van der Waals surface area contributed by atoms with Crippen molar-refractivity contribution in [2.24, 2.45) is 0 Å². The number of aromatic nitrogens is 3. The largest absolute Gasteiger partial charge is 0.458 e. The van der Waals surface area contributed by atoms with Gasteiger partial charge in [-0.15, -0.1) is 0 Å². The third-order valence-electron chi connectivity index (χ3n) is 8.23. The van der Waals surface area contributed by atoms with E-state index in [1.165, 1.54) is 11.4 Å². The minimum Gasteiger partial charge on any atom is -0.458 e. The lowest BCUT2D eigenvalue weighted by atomic mass is 9.86. The summed E-state index contributed by atoms with van der Waals surface area (Å²) in [5.74, 6) is 5.86. The number of benzene rings is 2. The maximum Gasteiger partial charge on any atom is 0.343 e. The lowest BCUT2D eigenvalue weighted by Gasteiger charge is -2.31. The fourth-order valence-corrected chi connectivity index (χ4v) is 6.01. The molecule has 3 aromatic heterocycles. The molecule has 0 radical (unpaired) electrons. The van der Waals surface area contributed by atoms with E-state index in [0.717, 1.165) is 33.3 Å². The van der Waals surface area contributed by atoms with Gasteiger partial charge >= 0.3 is 5.97 Å². The second-order valence-corrected chi connectivity index (χ2v) is 10.8. The van der Waals surface area contributed by atoms with Gasteiger partial charge in [-0.25, -0.2) is 9.78 Å². The first-order valence-corrected chi connectivity index (χ1v) is 13.6. The summed E-state index contributed by atoms with van der Waals surface area (Å²) in [6, 6.07) is 22.1. The fraction of sp³-hybridized carbons (Fsp3) is 0.206. The van der Waals surface area contributed by atoms with Crippen LogP contribution in [0.1, 0.15) is 52.5 Å². The number of cyclic esters (lactones) is 1. The molecule has 7 rings (SSSR count). The number of ether oxygens (including phenoxy) is 1. The van der Waals surface area contributed by atoms with Crippen molar-refractivity contribution in [3.05, 3.63) is 116 Å². The van der Waals surface area contributed by atoms with Crippen LogP contribution in [0.25, 0.3) is 28.0 Å². The molecule has 0 aliphatic carbocycles. The molecule has 1 atom stereocenters. The van der Waals surface area contributed by atoms with Crippen LogP contribution in [-0.4, -0.2) is 25.2 Å². The molecule has 2 aromatic carbocycles. The van der Waals surface area contributed by atoms with Crippen molar-refractivity contribution in [1.29, 1.82) is 0 Å². The second-order valence-electron chi connectivity index (χ2n) is 10.8. The second kappa shape index (κ2) is 9.05. The Hall–Kier alpha value is -4.93. The first-order chi connectivity index (χ1) is 19.8. The number of rotatable bonds is 2. The lowest BCUT2D eigenvalue weighted by Crippen LogP contribution is -2.44. The summed E-state index contributed by atoms with van der Waals surface area (Å²) in [6.07, 6.45) is 0.111. The van der Waals surface area contributed by atoms with Gasteiger partial charge in [0.05, 0.1) is 29.0 Å². The molecule has 2 aliphatic heterocycles. The van der Waals surface area contributed by atoms with Crippen LogP contribution >= 0.6 is 0 Å². The quantitative estimate of drug-likeness (QED) is 0.249. The molecule has 41 heavy (non-hydrogen) atoms. The molecule has 0 spiro atoms. The molecular formula is C34H27N3O4. The zero-order valence-electron chi connectivity index (χ0n) is 23.0. The average molecular weight is 542 g/mol. The van der Waals surface area contributed by atoms with Crippen molar-refractivity contribution in [3.63, 3.8) is 0 Å². The topological polar surface area (TPSA) is 86.4 Å². The summed E-state index contributed by atoms with van der Waals surface area (Å²) < 4.78 is 9.02.